The Labute approximate surface area is 160 Å². The van der Waals surface area contributed by atoms with Gasteiger partial charge in [-0.3, -0.25) is 4.90 Å². The summed E-state index contributed by atoms with van der Waals surface area (Å²) < 4.78 is 33.0. The molecule has 0 bridgehead atoms. The lowest BCUT2D eigenvalue weighted by Crippen LogP contribution is -2.49. The molecule has 27 heavy (non-hydrogen) atoms. The van der Waals surface area contributed by atoms with Gasteiger partial charge in [0.15, 0.2) is 5.82 Å². The Kier molecular flexibility index (Phi) is 5.05. The number of aromatic nitrogens is 2. The van der Waals surface area contributed by atoms with Gasteiger partial charge in [-0.25, -0.2) is 8.42 Å². The Hall–Kier alpha value is -1.77. The molecule has 1 unspecified atom stereocenters. The second-order valence-corrected chi connectivity index (χ2v) is 9.24. The van der Waals surface area contributed by atoms with Gasteiger partial charge in [0.25, 0.3) is 0 Å². The van der Waals surface area contributed by atoms with Crippen LogP contribution in [0.3, 0.4) is 0 Å². The smallest absolute Gasteiger partial charge is 0.243 e. The number of hydrogen-bond donors (Lipinski definition) is 0. The summed E-state index contributed by atoms with van der Waals surface area (Å²) in [5, 5.41) is 3.95. The zero-order valence-electron chi connectivity index (χ0n) is 15.9. The van der Waals surface area contributed by atoms with Crippen LogP contribution in [0.5, 0.6) is 0 Å². The third-order valence-electron chi connectivity index (χ3n) is 5.69. The van der Waals surface area contributed by atoms with E-state index in [9.17, 15) is 8.42 Å². The minimum absolute atomic E-state index is 0.0114. The molecular weight excluding hydrogens is 364 g/mol. The molecule has 0 radical (unpaired) electrons. The van der Waals surface area contributed by atoms with Crippen LogP contribution < -0.4 is 0 Å². The predicted molar refractivity (Wildman–Crippen MR) is 101 cm³/mol. The number of aryl methyl sites for hydroxylation is 3. The summed E-state index contributed by atoms with van der Waals surface area (Å²) in [5.74, 6) is 1.30. The first kappa shape index (κ1) is 18.6. The van der Waals surface area contributed by atoms with Gasteiger partial charge in [0, 0.05) is 32.6 Å². The van der Waals surface area contributed by atoms with Gasteiger partial charge in [-0.2, -0.15) is 9.29 Å². The largest absolute Gasteiger partial charge is 0.338 e. The van der Waals surface area contributed by atoms with E-state index in [1.807, 2.05) is 26.0 Å². The van der Waals surface area contributed by atoms with Crippen LogP contribution in [0.1, 0.15) is 49.2 Å². The minimum Gasteiger partial charge on any atom is -0.338 e. The van der Waals surface area contributed by atoms with Gasteiger partial charge >= 0.3 is 0 Å². The quantitative estimate of drug-likeness (QED) is 0.779. The lowest BCUT2D eigenvalue weighted by molar-refractivity contribution is 0.124. The molecular formula is C19H26N4O3S. The summed E-state index contributed by atoms with van der Waals surface area (Å²) >= 11 is 0. The van der Waals surface area contributed by atoms with Crippen molar-refractivity contribution < 1.29 is 12.9 Å². The summed E-state index contributed by atoms with van der Waals surface area (Å²) in [6.45, 7) is 6.25. The number of nitrogens with zero attached hydrogens (tertiary/aromatic N) is 4. The summed E-state index contributed by atoms with van der Waals surface area (Å²) in [6, 6.07) is 5.60. The highest BCUT2D eigenvalue weighted by Gasteiger charge is 2.32. The van der Waals surface area contributed by atoms with Crippen LogP contribution in [0.2, 0.25) is 0 Å². The first-order valence-electron chi connectivity index (χ1n) is 9.67. The number of hydrogen-bond acceptors (Lipinski definition) is 6. The summed E-state index contributed by atoms with van der Waals surface area (Å²) in [5.41, 5.74) is 2.48. The van der Waals surface area contributed by atoms with Crippen molar-refractivity contribution in [1.82, 2.24) is 19.3 Å². The maximum Gasteiger partial charge on any atom is 0.243 e. The van der Waals surface area contributed by atoms with Crippen LogP contribution in [0.15, 0.2) is 27.6 Å². The number of benzene rings is 1. The Morgan fingerprint density at radius 3 is 2.59 bits per heavy atom. The second-order valence-electron chi connectivity index (χ2n) is 7.30. The van der Waals surface area contributed by atoms with Crippen molar-refractivity contribution in [3.8, 4) is 0 Å². The molecule has 0 N–H and O–H groups in total. The van der Waals surface area contributed by atoms with E-state index >= 15 is 0 Å². The standard InChI is InChI=1S/C19H26N4O3S/c1-3-18-20-19(26-21-18)14(2)22-9-11-23(12-10-22)27(24,25)17-8-7-15-5-4-6-16(15)13-17/h7-8,13-14H,3-6,9-12H2,1-2H3. The Bertz CT molecular complexity index is 917. The van der Waals surface area contributed by atoms with E-state index in [2.05, 4.69) is 15.0 Å². The number of piperazine rings is 1. The maximum atomic E-state index is 13.0. The second kappa shape index (κ2) is 7.33. The summed E-state index contributed by atoms with van der Waals surface area (Å²) in [4.78, 5) is 7.02. The van der Waals surface area contributed by atoms with E-state index in [4.69, 9.17) is 4.52 Å². The SMILES string of the molecule is CCc1noc(C(C)N2CCN(S(=O)(=O)c3ccc4c(c3)CCC4)CC2)n1. The van der Waals surface area contributed by atoms with Crippen LogP contribution in [0.4, 0.5) is 0 Å². The lowest BCUT2D eigenvalue weighted by Gasteiger charge is -2.36. The molecule has 1 saturated heterocycles. The van der Waals surface area contributed by atoms with Crippen LogP contribution >= 0.6 is 0 Å². The van der Waals surface area contributed by atoms with Crippen LogP contribution in [0.25, 0.3) is 0 Å². The zero-order valence-corrected chi connectivity index (χ0v) is 16.7. The van der Waals surface area contributed by atoms with Gasteiger partial charge in [-0.1, -0.05) is 18.1 Å². The van der Waals surface area contributed by atoms with Crippen molar-refractivity contribution in [2.24, 2.45) is 0 Å². The fourth-order valence-electron chi connectivity index (χ4n) is 3.93. The Morgan fingerprint density at radius 2 is 1.89 bits per heavy atom. The van der Waals surface area contributed by atoms with Crippen LogP contribution in [-0.2, 0) is 29.3 Å². The summed E-state index contributed by atoms with van der Waals surface area (Å²) in [6.07, 6.45) is 3.89. The van der Waals surface area contributed by atoms with Crippen molar-refractivity contribution in [3.05, 3.63) is 41.0 Å². The molecule has 0 saturated carbocycles. The van der Waals surface area contributed by atoms with Gasteiger partial charge in [-0.15, -0.1) is 0 Å². The van der Waals surface area contributed by atoms with Crippen molar-refractivity contribution in [1.29, 1.82) is 0 Å². The average Bonchev–Trinajstić information content (AvgIpc) is 3.36. The van der Waals surface area contributed by atoms with E-state index in [-0.39, 0.29) is 6.04 Å². The molecule has 0 amide bonds. The molecule has 146 valence electrons. The monoisotopic (exact) mass is 390 g/mol. The van der Waals surface area contributed by atoms with Gasteiger partial charge in [0.05, 0.1) is 10.9 Å². The molecule has 1 aliphatic heterocycles. The first-order chi connectivity index (χ1) is 13.0. The number of fused-ring (bicyclic) bond motifs is 1. The van der Waals surface area contributed by atoms with Crippen molar-refractivity contribution in [2.45, 2.75) is 50.5 Å². The highest BCUT2D eigenvalue weighted by molar-refractivity contribution is 7.89. The van der Waals surface area contributed by atoms with Gasteiger partial charge in [0.1, 0.15) is 0 Å². The van der Waals surface area contributed by atoms with E-state index in [0.29, 0.717) is 42.8 Å². The lowest BCUT2D eigenvalue weighted by atomic mass is 10.1. The van der Waals surface area contributed by atoms with Gasteiger partial charge in [-0.05, 0) is 49.4 Å². The van der Waals surface area contributed by atoms with Crippen molar-refractivity contribution in [3.63, 3.8) is 0 Å². The van der Waals surface area contributed by atoms with Crippen LogP contribution in [0, 0.1) is 0 Å². The van der Waals surface area contributed by atoms with E-state index < -0.39 is 10.0 Å². The third kappa shape index (κ3) is 3.53. The number of sulfonamides is 1. The summed E-state index contributed by atoms with van der Waals surface area (Å²) in [7, 11) is -3.44. The molecule has 1 atom stereocenters. The van der Waals surface area contributed by atoms with Crippen molar-refractivity contribution in [2.75, 3.05) is 26.2 Å². The normalized spacial score (nSPS) is 19.9. The highest BCUT2D eigenvalue weighted by atomic mass is 32.2. The Morgan fingerprint density at radius 1 is 1.15 bits per heavy atom. The first-order valence-corrected chi connectivity index (χ1v) is 11.1. The molecule has 2 aliphatic rings. The molecule has 4 rings (SSSR count). The van der Waals surface area contributed by atoms with E-state index in [0.717, 1.165) is 25.7 Å². The topological polar surface area (TPSA) is 79.5 Å². The molecule has 1 aromatic heterocycles. The van der Waals surface area contributed by atoms with Crippen molar-refractivity contribution >= 4 is 10.0 Å². The predicted octanol–water partition coefficient (Wildman–Crippen LogP) is 2.19. The van der Waals surface area contributed by atoms with E-state index in [1.165, 1.54) is 11.1 Å². The number of rotatable bonds is 5. The molecule has 7 nitrogen and oxygen atoms in total. The van der Waals surface area contributed by atoms with Gasteiger partial charge < -0.3 is 4.52 Å². The molecule has 1 fully saturated rings. The fraction of sp³-hybridized carbons (Fsp3) is 0.579. The average molecular weight is 391 g/mol. The highest BCUT2D eigenvalue weighted by Crippen LogP contribution is 2.28. The molecule has 0 spiro atoms. The molecule has 2 aromatic rings. The molecule has 2 heterocycles. The maximum absolute atomic E-state index is 13.0. The minimum atomic E-state index is -3.44. The van der Waals surface area contributed by atoms with Crippen LogP contribution in [-0.4, -0.2) is 53.9 Å². The Balaban J connectivity index is 1.43. The van der Waals surface area contributed by atoms with E-state index in [1.54, 1.807) is 10.4 Å². The molecule has 1 aliphatic carbocycles. The third-order valence-corrected chi connectivity index (χ3v) is 7.58. The molecule has 8 heteroatoms. The zero-order chi connectivity index (χ0) is 19.0. The molecule has 1 aromatic carbocycles. The fourth-order valence-corrected chi connectivity index (χ4v) is 5.40. The van der Waals surface area contributed by atoms with Gasteiger partial charge in [0.2, 0.25) is 15.9 Å².